The molecule has 1 aliphatic heterocycles. The molecule has 0 radical (unpaired) electrons. The molecule has 2 N–H and O–H groups in total. The predicted molar refractivity (Wildman–Crippen MR) is 71.5 cm³/mol. The van der Waals surface area contributed by atoms with E-state index in [1.54, 1.807) is 19.1 Å². The number of hydrogen-bond donors (Lipinski definition) is 2. The molecular formula is C14H19FN2O2. The van der Waals surface area contributed by atoms with Crippen LogP contribution >= 0.6 is 0 Å². The second-order valence-corrected chi connectivity index (χ2v) is 4.99. The molecule has 1 amide bonds. The minimum Gasteiger partial charge on any atom is -0.389 e. The van der Waals surface area contributed by atoms with E-state index in [-0.39, 0.29) is 17.8 Å². The lowest BCUT2D eigenvalue weighted by Gasteiger charge is -2.24. The first-order chi connectivity index (χ1) is 8.99. The van der Waals surface area contributed by atoms with Crippen molar-refractivity contribution in [3.05, 3.63) is 29.6 Å². The number of aliphatic hydroxyl groups is 1. The van der Waals surface area contributed by atoms with Gasteiger partial charge in [0.1, 0.15) is 5.82 Å². The topological polar surface area (TPSA) is 52.6 Å². The molecule has 0 spiro atoms. The standard InChI is InChI=1S/C14H19FN2O2/c1-9(18)12-4-3-5-13(15)14(12)17-7-6-11(8-17)16-10(2)19/h3-5,9,11,18H,6-8H2,1-2H3,(H,16,19). The van der Waals surface area contributed by atoms with Gasteiger partial charge in [0.05, 0.1) is 11.8 Å². The molecule has 0 aliphatic carbocycles. The van der Waals surface area contributed by atoms with Gasteiger partial charge in [-0.05, 0) is 19.4 Å². The molecule has 1 saturated heterocycles. The van der Waals surface area contributed by atoms with E-state index < -0.39 is 6.10 Å². The number of hydrogen-bond acceptors (Lipinski definition) is 3. The zero-order chi connectivity index (χ0) is 14.0. The molecule has 2 atom stereocenters. The van der Waals surface area contributed by atoms with Gasteiger partial charge in [0, 0.05) is 31.6 Å². The van der Waals surface area contributed by atoms with Crippen LogP contribution in [0.3, 0.4) is 0 Å². The number of nitrogens with zero attached hydrogens (tertiary/aromatic N) is 1. The summed E-state index contributed by atoms with van der Waals surface area (Å²) < 4.78 is 14.0. The summed E-state index contributed by atoms with van der Waals surface area (Å²) in [5, 5.41) is 12.6. The lowest BCUT2D eigenvalue weighted by molar-refractivity contribution is -0.119. The zero-order valence-corrected chi connectivity index (χ0v) is 11.2. The van der Waals surface area contributed by atoms with Crippen molar-refractivity contribution in [3.63, 3.8) is 0 Å². The Morgan fingerprint density at radius 2 is 2.32 bits per heavy atom. The summed E-state index contributed by atoms with van der Waals surface area (Å²) in [5.74, 6) is -0.405. The molecule has 2 rings (SSSR count). The Hall–Kier alpha value is -1.62. The second kappa shape index (κ2) is 5.57. The van der Waals surface area contributed by atoms with Crippen LogP contribution in [0.15, 0.2) is 18.2 Å². The Bertz CT molecular complexity index is 477. The molecule has 1 aliphatic rings. The molecule has 1 aromatic carbocycles. The number of halogens is 1. The smallest absolute Gasteiger partial charge is 0.217 e. The molecule has 104 valence electrons. The van der Waals surface area contributed by atoms with Crippen LogP contribution in [0.2, 0.25) is 0 Å². The van der Waals surface area contributed by atoms with Gasteiger partial charge >= 0.3 is 0 Å². The van der Waals surface area contributed by atoms with Crippen molar-refractivity contribution in [2.75, 3.05) is 18.0 Å². The highest BCUT2D eigenvalue weighted by atomic mass is 19.1. The summed E-state index contributed by atoms with van der Waals surface area (Å²) in [7, 11) is 0. The average Bonchev–Trinajstić information content (AvgIpc) is 2.75. The number of amides is 1. The maximum absolute atomic E-state index is 14.0. The Labute approximate surface area is 112 Å². The largest absolute Gasteiger partial charge is 0.389 e. The third kappa shape index (κ3) is 3.04. The van der Waals surface area contributed by atoms with Crippen molar-refractivity contribution in [2.45, 2.75) is 32.4 Å². The van der Waals surface area contributed by atoms with E-state index in [9.17, 15) is 14.3 Å². The van der Waals surface area contributed by atoms with Crippen LogP contribution in [0.25, 0.3) is 0 Å². The highest BCUT2D eigenvalue weighted by Gasteiger charge is 2.27. The first-order valence-electron chi connectivity index (χ1n) is 6.47. The lowest BCUT2D eigenvalue weighted by Crippen LogP contribution is -2.36. The third-order valence-corrected chi connectivity index (χ3v) is 3.38. The fraction of sp³-hybridized carbons (Fsp3) is 0.500. The molecule has 4 nitrogen and oxygen atoms in total. The third-order valence-electron chi connectivity index (χ3n) is 3.38. The number of aliphatic hydroxyl groups excluding tert-OH is 1. The van der Waals surface area contributed by atoms with Crippen molar-refractivity contribution in [2.24, 2.45) is 0 Å². The van der Waals surface area contributed by atoms with Crippen molar-refractivity contribution in [1.29, 1.82) is 0 Å². The summed E-state index contributed by atoms with van der Waals surface area (Å²) >= 11 is 0. The molecule has 19 heavy (non-hydrogen) atoms. The van der Waals surface area contributed by atoms with Gasteiger partial charge in [0.25, 0.3) is 0 Å². The molecule has 0 bridgehead atoms. The van der Waals surface area contributed by atoms with Crippen molar-refractivity contribution < 1.29 is 14.3 Å². The van der Waals surface area contributed by atoms with Gasteiger partial charge in [-0.25, -0.2) is 4.39 Å². The Morgan fingerprint density at radius 3 is 2.95 bits per heavy atom. The lowest BCUT2D eigenvalue weighted by atomic mass is 10.1. The SMILES string of the molecule is CC(=O)NC1CCN(c2c(F)cccc2C(C)O)C1. The first-order valence-corrected chi connectivity index (χ1v) is 6.47. The number of carbonyl (C=O) groups is 1. The van der Waals surface area contributed by atoms with Gasteiger partial charge in [-0.15, -0.1) is 0 Å². The first kappa shape index (κ1) is 13.8. The van der Waals surface area contributed by atoms with E-state index >= 15 is 0 Å². The average molecular weight is 266 g/mol. The molecule has 1 heterocycles. The zero-order valence-electron chi connectivity index (χ0n) is 11.2. The fourth-order valence-electron chi connectivity index (χ4n) is 2.57. The minimum atomic E-state index is -0.717. The molecule has 0 saturated carbocycles. The Kier molecular flexibility index (Phi) is 4.04. The van der Waals surface area contributed by atoms with Crippen LogP contribution in [0, 0.1) is 5.82 Å². The van der Waals surface area contributed by atoms with Crippen LogP contribution < -0.4 is 10.2 Å². The van der Waals surface area contributed by atoms with Crippen LogP contribution in [0.4, 0.5) is 10.1 Å². The highest BCUT2D eigenvalue weighted by molar-refractivity contribution is 5.73. The number of rotatable bonds is 3. The number of anilines is 1. The second-order valence-electron chi connectivity index (χ2n) is 4.99. The van der Waals surface area contributed by atoms with E-state index in [2.05, 4.69) is 5.32 Å². The highest BCUT2D eigenvalue weighted by Crippen LogP contribution is 2.31. The normalized spacial score (nSPS) is 20.4. The summed E-state index contributed by atoms with van der Waals surface area (Å²) in [6.07, 6.45) is 0.0678. The van der Waals surface area contributed by atoms with Crippen LogP contribution in [-0.4, -0.2) is 30.1 Å². The maximum atomic E-state index is 14.0. The molecule has 2 unspecified atom stereocenters. The summed E-state index contributed by atoms with van der Waals surface area (Å²) in [6.45, 7) is 4.35. The van der Waals surface area contributed by atoms with E-state index in [0.29, 0.717) is 24.3 Å². The maximum Gasteiger partial charge on any atom is 0.217 e. The molecule has 1 fully saturated rings. The Morgan fingerprint density at radius 1 is 1.58 bits per heavy atom. The van der Waals surface area contributed by atoms with Gasteiger partial charge in [-0.2, -0.15) is 0 Å². The van der Waals surface area contributed by atoms with Gasteiger partial charge in [0.2, 0.25) is 5.91 Å². The summed E-state index contributed by atoms with van der Waals surface area (Å²) in [5.41, 5.74) is 1.04. The van der Waals surface area contributed by atoms with Crippen molar-refractivity contribution in [1.82, 2.24) is 5.32 Å². The van der Waals surface area contributed by atoms with Gasteiger partial charge in [-0.3, -0.25) is 4.79 Å². The number of nitrogens with one attached hydrogen (secondary N) is 1. The predicted octanol–water partition coefficient (Wildman–Crippen LogP) is 1.59. The molecule has 0 aromatic heterocycles. The van der Waals surface area contributed by atoms with Crippen LogP contribution in [0.1, 0.15) is 31.9 Å². The number of benzene rings is 1. The summed E-state index contributed by atoms with van der Waals surface area (Å²) in [4.78, 5) is 12.9. The van der Waals surface area contributed by atoms with Crippen molar-refractivity contribution >= 4 is 11.6 Å². The number of carbonyl (C=O) groups excluding carboxylic acids is 1. The van der Waals surface area contributed by atoms with Crippen LogP contribution in [0.5, 0.6) is 0 Å². The quantitative estimate of drug-likeness (QED) is 0.873. The van der Waals surface area contributed by atoms with Gasteiger partial charge in [0.15, 0.2) is 0 Å². The van der Waals surface area contributed by atoms with Crippen molar-refractivity contribution in [3.8, 4) is 0 Å². The van der Waals surface area contributed by atoms with E-state index in [4.69, 9.17) is 0 Å². The molecule has 5 heteroatoms. The monoisotopic (exact) mass is 266 g/mol. The Balaban J connectivity index is 2.21. The van der Waals surface area contributed by atoms with Gasteiger partial charge < -0.3 is 15.3 Å². The number of para-hydroxylation sites is 1. The van der Waals surface area contributed by atoms with Gasteiger partial charge in [-0.1, -0.05) is 12.1 Å². The minimum absolute atomic E-state index is 0.0407. The van der Waals surface area contributed by atoms with Crippen LogP contribution in [-0.2, 0) is 4.79 Å². The molecular weight excluding hydrogens is 247 g/mol. The molecule has 1 aromatic rings. The fourth-order valence-corrected chi connectivity index (χ4v) is 2.57. The van der Waals surface area contributed by atoms with E-state index in [0.717, 1.165) is 6.42 Å². The summed E-state index contributed by atoms with van der Waals surface area (Å²) in [6, 6.07) is 4.77. The van der Waals surface area contributed by atoms with E-state index in [1.807, 2.05) is 4.90 Å². The van der Waals surface area contributed by atoms with E-state index in [1.165, 1.54) is 13.0 Å².